The molecule has 2 rings (SSSR count). The molecule has 2 aromatic rings. The SMILES string of the molecule is C=Cc1cccc(C(C(=O)Nc2c(C)cccc2C)N(CC#N)C(=O)C(CCSC)NC(=O)OC(C)(C)C)c1. The first kappa shape index (κ1) is 31.4. The fraction of sp³-hybridized carbons (Fsp3) is 0.400. The molecule has 0 aliphatic heterocycles. The Morgan fingerprint density at radius 1 is 1.15 bits per heavy atom. The third kappa shape index (κ3) is 9.18. The second-order valence-electron chi connectivity index (χ2n) is 10.1. The Morgan fingerprint density at radius 3 is 2.36 bits per heavy atom. The van der Waals surface area contributed by atoms with E-state index in [4.69, 9.17) is 4.74 Å². The molecule has 39 heavy (non-hydrogen) atoms. The minimum absolute atomic E-state index is 0.291. The Bertz CT molecular complexity index is 1210. The third-order valence-electron chi connectivity index (χ3n) is 5.88. The Kier molecular flexibility index (Phi) is 11.6. The van der Waals surface area contributed by atoms with Crippen molar-refractivity contribution in [2.75, 3.05) is 23.9 Å². The summed E-state index contributed by atoms with van der Waals surface area (Å²) in [5.41, 5.74) is 2.88. The molecule has 3 amide bonds. The number of carbonyl (C=O) groups is 3. The number of nitrogens with zero attached hydrogens (tertiary/aromatic N) is 2. The second-order valence-corrected chi connectivity index (χ2v) is 11.1. The minimum atomic E-state index is -1.15. The number of aryl methyl sites for hydroxylation is 2. The van der Waals surface area contributed by atoms with E-state index >= 15 is 0 Å². The summed E-state index contributed by atoms with van der Waals surface area (Å²) in [4.78, 5) is 41.8. The Balaban J connectivity index is 2.57. The van der Waals surface area contributed by atoms with E-state index in [1.54, 1.807) is 45.0 Å². The molecule has 0 saturated carbocycles. The Hall–Kier alpha value is -3.77. The summed E-state index contributed by atoms with van der Waals surface area (Å²) in [5.74, 6) is -0.460. The van der Waals surface area contributed by atoms with Crippen LogP contribution in [0.1, 0.15) is 55.5 Å². The van der Waals surface area contributed by atoms with Crippen molar-refractivity contribution in [1.29, 1.82) is 5.26 Å². The molecule has 2 atom stereocenters. The number of para-hydroxylation sites is 1. The van der Waals surface area contributed by atoms with Crippen LogP contribution in [0.3, 0.4) is 0 Å². The summed E-state index contributed by atoms with van der Waals surface area (Å²) < 4.78 is 5.38. The largest absolute Gasteiger partial charge is 0.444 e. The lowest BCUT2D eigenvalue weighted by Gasteiger charge is -2.33. The van der Waals surface area contributed by atoms with Crippen LogP contribution in [0.2, 0.25) is 0 Å². The van der Waals surface area contributed by atoms with Gasteiger partial charge >= 0.3 is 6.09 Å². The van der Waals surface area contributed by atoms with Gasteiger partial charge in [-0.25, -0.2) is 4.79 Å². The van der Waals surface area contributed by atoms with Crippen LogP contribution in [0, 0.1) is 25.2 Å². The van der Waals surface area contributed by atoms with Crippen LogP contribution >= 0.6 is 11.8 Å². The summed E-state index contributed by atoms with van der Waals surface area (Å²) in [6, 6.07) is 12.6. The number of hydrogen-bond acceptors (Lipinski definition) is 6. The first-order chi connectivity index (χ1) is 18.4. The molecule has 2 N–H and O–H groups in total. The van der Waals surface area contributed by atoms with Gasteiger partial charge in [-0.3, -0.25) is 9.59 Å². The standard InChI is InChI=1S/C30H38N4O4S/c1-8-22-13-10-14-23(19-22)26(27(35)33-25-20(2)11-9-12-21(25)3)34(17-16-31)28(36)24(15-18-39-7)32-29(37)38-30(4,5)6/h8-14,19,24,26H,1,15,17-18H2,2-7H3,(H,32,37)(H,33,35). The van der Waals surface area contributed by atoms with Crippen molar-refractivity contribution in [3.8, 4) is 6.07 Å². The predicted molar refractivity (Wildman–Crippen MR) is 157 cm³/mol. The van der Waals surface area contributed by atoms with Gasteiger partial charge < -0.3 is 20.3 Å². The lowest BCUT2D eigenvalue weighted by atomic mass is 9.99. The quantitative estimate of drug-likeness (QED) is 0.351. The molecular weight excluding hydrogens is 512 g/mol. The molecule has 0 aliphatic carbocycles. The highest BCUT2D eigenvalue weighted by Crippen LogP contribution is 2.28. The number of rotatable bonds is 11. The van der Waals surface area contributed by atoms with Crippen LogP contribution in [-0.4, -0.2) is 53.0 Å². The average molecular weight is 551 g/mol. The maximum absolute atomic E-state index is 14.0. The number of anilines is 1. The van der Waals surface area contributed by atoms with Crippen LogP contribution in [-0.2, 0) is 14.3 Å². The van der Waals surface area contributed by atoms with Gasteiger partial charge in [0.2, 0.25) is 5.91 Å². The molecule has 0 spiro atoms. The van der Waals surface area contributed by atoms with Gasteiger partial charge in [0.05, 0.1) is 6.07 Å². The number of alkyl carbamates (subject to hydrolysis) is 1. The number of amides is 3. The zero-order valence-electron chi connectivity index (χ0n) is 23.5. The molecule has 0 aliphatic rings. The lowest BCUT2D eigenvalue weighted by Crippen LogP contribution is -2.52. The molecule has 0 heterocycles. The molecular formula is C30H38N4O4S. The van der Waals surface area contributed by atoms with Crippen molar-refractivity contribution < 1.29 is 19.1 Å². The minimum Gasteiger partial charge on any atom is -0.444 e. The summed E-state index contributed by atoms with van der Waals surface area (Å²) in [6.45, 7) is 12.4. The maximum Gasteiger partial charge on any atom is 0.408 e. The van der Waals surface area contributed by atoms with Gasteiger partial charge in [0.1, 0.15) is 24.2 Å². The Labute approximate surface area is 235 Å². The van der Waals surface area contributed by atoms with Gasteiger partial charge in [-0.15, -0.1) is 0 Å². The highest BCUT2D eigenvalue weighted by atomic mass is 32.2. The van der Waals surface area contributed by atoms with E-state index < -0.39 is 35.6 Å². The highest BCUT2D eigenvalue weighted by Gasteiger charge is 2.36. The van der Waals surface area contributed by atoms with E-state index in [9.17, 15) is 19.6 Å². The number of ether oxygens (including phenoxy) is 1. The van der Waals surface area contributed by atoms with Crippen LogP contribution < -0.4 is 10.6 Å². The molecule has 0 aromatic heterocycles. The van der Waals surface area contributed by atoms with Gasteiger partial charge in [-0.1, -0.05) is 49.1 Å². The van der Waals surface area contributed by atoms with Crippen LogP contribution in [0.5, 0.6) is 0 Å². The Morgan fingerprint density at radius 2 is 1.79 bits per heavy atom. The van der Waals surface area contributed by atoms with E-state index in [1.807, 2.05) is 50.4 Å². The second kappa shape index (κ2) is 14.4. The number of thioether (sulfide) groups is 1. The molecule has 9 heteroatoms. The molecule has 0 fully saturated rings. The van der Waals surface area contributed by atoms with Gasteiger partial charge in [0.15, 0.2) is 0 Å². The number of nitrogens with one attached hydrogen (secondary N) is 2. The lowest BCUT2D eigenvalue weighted by molar-refractivity contribution is -0.140. The fourth-order valence-corrected chi connectivity index (χ4v) is 4.52. The molecule has 208 valence electrons. The first-order valence-corrected chi connectivity index (χ1v) is 14.1. The normalized spacial score (nSPS) is 12.4. The predicted octanol–water partition coefficient (Wildman–Crippen LogP) is 5.62. The van der Waals surface area contributed by atoms with Gasteiger partial charge in [-0.2, -0.15) is 17.0 Å². The van der Waals surface area contributed by atoms with E-state index in [-0.39, 0.29) is 6.54 Å². The number of nitriles is 1. The highest BCUT2D eigenvalue weighted by molar-refractivity contribution is 7.98. The van der Waals surface area contributed by atoms with Gasteiger partial charge in [-0.05, 0) is 81.4 Å². The average Bonchev–Trinajstić information content (AvgIpc) is 2.87. The van der Waals surface area contributed by atoms with Gasteiger partial charge in [0, 0.05) is 5.69 Å². The molecule has 0 radical (unpaired) electrons. The summed E-state index contributed by atoms with van der Waals surface area (Å²) in [6.07, 6.45) is 3.08. The zero-order chi connectivity index (χ0) is 29.2. The van der Waals surface area contributed by atoms with E-state index in [0.29, 0.717) is 23.4 Å². The first-order valence-electron chi connectivity index (χ1n) is 12.7. The summed E-state index contributed by atoms with van der Waals surface area (Å²) in [5, 5.41) is 15.4. The van der Waals surface area contributed by atoms with Crippen LogP contribution in [0.25, 0.3) is 6.08 Å². The molecule has 2 aromatic carbocycles. The third-order valence-corrected chi connectivity index (χ3v) is 6.52. The number of carbonyl (C=O) groups excluding carboxylic acids is 3. The molecule has 0 bridgehead atoms. The number of benzene rings is 2. The van der Waals surface area contributed by atoms with E-state index in [1.165, 1.54) is 16.7 Å². The van der Waals surface area contributed by atoms with E-state index in [0.717, 1.165) is 16.7 Å². The topological polar surface area (TPSA) is 112 Å². The van der Waals surface area contributed by atoms with Crippen LogP contribution in [0.4, 0.5) is 10.5 Å². The monoisotopic (exact) mass is 550 g/mol. The molecule has 2 unspecified atom stereocenters. The van der Waals surface area contributed by atoms with Crippen LogP contribution in [0.15, 0.2) is 49.0 Å². The van der Waals surface area contributed by atoms with Crippen molar-refractivity contribution in [1.82, 2.24) is 10.2 Å². The maximum atomic E-state index is 14.0. The molecule has 8 nitrogen and oxygen atoms in total. The zero-order valence-corrected chi connectivity index (χ0v) is 24.4. The van der Waals surface area contributed by atoms with Gasteiger partial charge in [0.25, 0.3) is 5.91 Å². The van der Waals surface area contributed by atoms with E-state index in [2.05, 4.69) is 17.2 Å². The fourth-order valence-electron chi connectivity index (χ4n) is 4.05. The van der Waals surface area contributed by atoms with Crippen molar-refractivity contribution in [2.45, 2.75) is 58.7 Å². The summed E-state index contributed by atoms with van der Waals surface area (Å²) >= 11 is 1.52. The summed E-state index contributed by atoms with van der Waals surface area (Å²) in [7, 11) is 0. The van der Waals surface area contributed by atoms with Crippen molar-refractivity contribution in [3.63, 3.8) is 0 Å². The van der Waals surface area contributed by atoms with Crippen molar-refractivity contribution >= 4 is 41.4 Å². The van der Waals surface area contributed by atoms with Crippen molar-refractivity contribution in [2.24, 2.45) is 0 Å². The number of hydrogen-bond donors (Lipinski definition) is 2. The van der Waals surface area contributed by atoms with Crippen molar-refractivity contribution in [3.05, 3.63) is 71.3 Å². The molecule has 0 saturated heterocycles. The smallest absolute Gasteiger partial charge is 0.408 e.